The van der Waals surface area contributed by atoms with Gasteiger partial charge in [0.15, 0.2) is 11.5 Å². The zero-order valence-corrected chi connectivity index (χ0v) is 19.4. The van der Waals surface area contributed by atoms with Crippen molar-refractivity contribution in [1.82, 2.24) is 10.2 Å². The number of amides is 2. The smallest absolute Gasteiger partial charge is 0.317 e. The van der Waals surface area contributed by atoms with Gasteiger partial charge < -0.3 is 29.5 Å². The summed E-state index contributed by atoms with van der Waals surface area (Å²) in [5, 5.41) is 12.5. The van der Waals surface area contributed by atoms with Crippen LogP contribution in [-0.2, 0) is 6.42 Å². The lowest BCUT2D eigenvalue weighted by molar-refractivity contribution is 0.165. The fourth-order valence-corrected chi connectivity index (χ4v) is 4.17. The number of urea groups is 1. The molecular weight excluding hydrogens is 408 g/mol. The molecule has 2 aromatic carbocycles. The van der Waals surface area contributed by atoms with E-state index in [9.17, 15) is 9.90 Å². The number of phenolic OH excluding ortho intramolecular Hbond substituents is 1. The molecule has 1 saturated heterocycles. The predicted molar refractivity (Wildman–Crippen MR) is 124 cm³/mol. The molecule has 3 rings (SSSR count). The molecule has 1 aliphatic heterocycles. The van der Waals surface area contributed by atoms with Crippen LogP contribution in [0.2, 0.25) is 0 Å². The van der Waals surface area contributed by atoms with Crippen molar-refractivity contribution in [1.29, 1.82) is 0 Å². The second-order valence-electron chi connectivity index (χ2n) is 8.27. The van der Waals surface area contributed by atoms with Gasteiger partial charge in [0.05, 0.1) is 27.4 Å². The molecule has 174 valence electrons. The Hall–Kier alpha value is -3.09. The molecule has 0 radical (unpaired) electrons. The minimum absolute atomic E-state index is 0.0526. The van der Waals surface area contributed by atoms with E-state index < -0.39 is 0 Å². The molecule has 2 amide bonds. The van der Waals surface area contributed by atoms with Crippen LogP contribution in [0.25, 0.3) is 0 Å². The molecule has 32 heavy (non-hydrogen) atoms. The van der Waals surface area contributed by atoms with Crippen LogP contribution in [0.4, 0.5) is 4.79 Å². The first-order valence-electron chi connectivity index (χ1n) is 11.1. The quantitative estimate of drug-likeness (QED) is 0.628. The number of nitrogens with one attached hydrogen (secondary N) is 1. The highest BCUT2D eigenvalue weighted by Crippen LogP contribution is 2.39. The van der Waals surface area contributed by atoms with Crippen LogP contribution < -0.4 is 19.5 Å². The number of hydrogen-bond donors (Lipinski definition) is 2. The van der Waals surface area contributed by atoms with Crippen molar-refractivity contribution in [2.24, 2.45) is 5.92 Å². The monoisotopic (exact) mass is 442 g/mol. The number of carbonyl (C=O) groups is 1. The van der Waals surface area contributed by atoms with Crippen molar-refractivity contribution in [3.8, 4) is 23.0 Å². The number of methoxy groups -OCH3 is 3. The summed E-state index contributed by atoms with van der Waals surface area (Å²) < 4.78 is 16.2. The van der Waals surface area contributed by atoms with E-state index in [0.29, 0.717) is 28.9 Å². The van der Waals surface area contributed by atoms with E-state index in [1.165, 1.54) is 5.56 Å². The van der Waals surface area contributed by atoms with Gasteiger partial charge in [-0.3, -0.25) is 0 Å². The molecule has 2 aromatic rings. The Labute approximate surface area is 190 Å². The van der Waals surface area contributed by atoms with Gasteiger partial charge in [-0.05, 0) is 73.9 Å². The number of rotatable bonds is 8. The Morgan fingerprint density at radius 1 is 1.06 bits per heavy atom. The van der Waals surface area contributed by atoms with E-state index in [0.717, 1.165) is 44.3 Å². The number of piperidine rings is 1. The molecule has 0 aromatic heterocycles. The summed E-state index contributed by atoms with van der Waals surface area (Å²) in [5.41, 5.74) is 2.12. The maximum atomic E-state index is 12.8. The van der Waals surface area contributed by atoms with Crippen molar-refractivity contribution >= 4 is 6.03 Å². The molecule has 1 heterocycles. The Morgan fingerprint density at radius 3 is 2.19 bits per heavy atom. The lowest BCUT2D eigenvalue weighted by atomic mass is 9.90. The largest absolute Gasteiger partial charge is 0.508 e. The molecule has 7 nitrogen and oxygen atoms in total. The Balaban J connectivity index is 1.51. The summed E-state index contributed by atoms with van der Waals surface area (Å²) in [7, 11) is 4.73. The molecule has 0 bridgehead atoms. The van der Waals surface area contributed by atoms with Crippen molar-refractivity contribution < 1.29 is 24.1 Å². The number of aromatic hydroxyl groups is 1. The van der Waals surface area contributed by atoms with Crippen LogP contribution in [-0.4, -0.2) is 50.5 Å². The molecular formula is C25H34N2O5. The molecule has 0 saturated carbocycles. The van der Waals surface area contributed by atoms with Crippen molar-refractivity contribution in [2.45, 2.75) is 38.6 Å². The summed E-state index contributed by atoms with van der Waals surface area (Å²) in [5.74, 6) is 2.58. The fraction of sp³-hybridized carbons (Fsp3) is 0.480. The summed E-state index contributed by atoms with van der Waals surface area (Å²) in [6.07, 6.45) is 4.10. The fourth-order valence-electron chi connectivity index (χ4n) is 4.17. The molecule has 0 spiro atoms. The number of hydrogen-bond acceptors (Lipinski definition) is 5. The maximum Gasteiger partial charge on any atom is 0.317 e. The third-order valence-electron chi connectivity index (χ3n) is 6.21. The van der Waals surface area contributed by atoms with E-state index in [4.69, 9.17) is 14.2 Å². The SMILES string of the molecule is COc1cc(C(C)NC(=O)N2CCC(CCc3ccc(O)cc3)CC2)cc(OC)c1OC. The van der Waals surface area contributed by atoms with Crippen LogP contribution in [0.15, 0.2) is 36.4 Å². The second-order valence-corrected chi connectivity index (χ2v) is 8.27. The van der Waals surface area contributed by atoms with Gasteiger partial charge in [0, 0.05) is 13.1 Å². The van der Waals surface area contributed by atoms with E-state index in [-0.39, 0.29) is 12.1 Å². The number of likely N-dealkylation sites (tertiary alicyclic amines) is 1. The number of phenols is 1. The van der Waals surface area contributed by atoms with Gasteiger partial charge in [-0.1, -0.05) is 12.1 Å². The average molecular weight is 443 g/mol. The van der Waals surface area contributed by atoms with Crippen LogP contribution in [0.1, 0.15) is 43.4 Å². The molecule has 7 heteroatoms. The zero-order chi connectivity index (χ0) is 23.1. The van der Waals surface area contributed by atoms with Gasteiger partial charge >= 0.3 is 6.03 Å². The van der Waals surface area contributed by atoms with Gasteiger partial charge in [0.25, 0.3) is 0 Å². The van der Waals surface area contributed by atoms with Crippen molar-refractivity contribution in [2.75, 3.05) is 34.4 Å². The molecule has 1 aliphatic rings. The minimum atomic E-state index is -0.205. The Kier molecular flexibility index (Phi) is 8.09. The highest BCUT2D eigenvalue weighted by Gasteiger charge is 2.24. The second kappa shape index (κ2) is 11.0. The normalized spacial score (nSPS) is 15.2. The molecule has 1 fully saturated rings. The first-order chi connectivity index (χ1) is 15.4. The number of benzene rings is 2. The summed E-state index contributed by atoms with van der Waals surface area (Å²) in [6, 6.07) is 10.9. The first kappa shape index (κ1) is 23.6. The van der Waals surface area contributed by atoms with E-state index in [1.54, 1.807) is 33.5 Å². The Morgan fingerprint density at radius 2 is 1.66 bits per heavy atom. The van der Waals surface area contributed by atoms with Crippen LogP contribution in [0, 0.1) is 5.92 Å². The highest BCUT2D eigenvalue weighted by atomic mass is 16.5. The van der Waals surface area contributed by atoms with Crippen LogP contribution >= 0.6 is 0 Å². The lowest BCUT2D eigenvalue weighted by Crippen LogP contribution is -2.45. The summed E-state index contributed by atoms with van der Waals surface area (Å²) in [6.45, 7) is 3.46. The lowest BCUT2D eigenvalue weighted by Gasteiger charge is -2.33. The summed E-state index contributed by atoms with van der Waals surface area (Å²) >= 11 is 0. The van der Waals surface area contributed by atoms with Gasteiger partial charge in [-0.2, -0.15) is 0 Å². The number of carbonyl (C=O) groups excluding carboxylic acids is 1. The topological polar surface area (TPSA) is 80.3 Å². The number of nitrogens with zero attached hydrogens (tertiary/aromatic N) is 1. The van der Waals surface area contributed by atoms with Gasteiger partial charge in [-0.15, -0.1) is 0 Å². The maximum absolute atomic E-state index is 12.8. The first-order valence-corrected chi connectivity index (χ1v) is 11.1. The summed E-state index contributed by atoms with van der Waals surface area (Å²) in [4.78, 5) is 14.7. The van der Waals surface area contributed by atoms with E-state index >= 15 is 0 Å². The number of ether oxygens (including phenoxy) is 3. The average Bonchev–Trinajstić information content (AvgIpc) is 2.82. The third kappa shape index (κ3) is 5.78. The van der Waals surface area contributed by atoms with Gasteiger partial charge in [-0.25, -0.2) is 4.79 Å². The highest BCUT2D eigenvalue weighted by molar-refractivity contribution is 5.75. The minimum Gasteiger partial charge on any atom is -0.508 e. The standard InChI is InChI=1S/C25H34N2O5/c1-17(20-15-22(30-2)24(32-4)23(16-20)31-3)26-25(29)27-13-11-19(12-14-27)6-5-18-7-9-21(28)10-8-18/h7-10,15-17,19,28H,5-6,11-14H2,1-4H3,(H,26,29). The molecule has 1 atom stereocenters. The molecule has 1 unspecified atom stereocenters. The zero-order valence-electron chi connectivity index (χ0n) is 19.4. The van der Waals surface area contributed by atoms with Gasteiger partial charge in [0.2, 0.25) is 5.75 Å². The van der Waals surface area contributed by atoms with Gasteiger partial charge in [0.1, 0.15) is 5.75 Å². The van der Waals surface area contributed by atoms with Crippen LogP contribution in [0.3, 0.4) is 0 Å². The molecule has 2 N–H and O–H groups in total. The predicted octanol–water partition coefficient (Wildman–Crippen LogP) is 4.53. The molecule has 0 aliphatic carbocycles. The van der Waals surface area contributed by atoms with E-state index in [2.05, 4.69) is 5.32 Å². The van der Waals surface area contributed by atoms with Crippen molar-refractivity contribution in [3.05, 3.63) is 47.5 Å². The Bertz CT molecular complexity index is 867. The van der Waals surface area contributed by atoms with Crippen LogP contribution in [0.5, 0.6) is 23.0 Å². The number of aryl methyl sites for hydroxylation is 1. The van der Waals surface area contributed by atoms with Crippen molar-refractivity contribution in [3.63, 3.8) is 0 Å². The third-order valence-corrected chi connectivity index (χ3v) is 6.21. The van der Waals surface area contributed by atoms with E-state index in [1.807, 2.05) is 36.1 Å².